The van der Waals surface area contributed by atoms with Crippen molar-refractivity contribution < 1.29 is 29.0 Å². The maximum Gasteiger partial charge on any atom is 0.328 e. The van der Waals surface area contributed by atoms with Crippen molar-refractivity contribution in [1.29, 1.82) is 0 Å². The van der Waals surface area contributed by atoms with Gasteiger partial charge in [0.1, 0.15) is 17.3 Å². The molecule has 0 heterocycles. The van der Waals surface area contributed by atoms with Crippen LogP contribution >= 0.6 is 11.8 Å². The van der Waals surface area contributed by atoms with E-state index in [1.807, 2.05) is 0 Å². The van der Waals surface area contributed by atoms with E-state index in [4.69, 9.17) is 4.74 Å². The van der Waals surface area contributed by atoms with E-state index < -0.39 is 29.4 Å². The van der Waals surface area contributed by atoms with Crippen molar-refractivity contribution in [2.75, 3.05) is 12.9 Å². The second kappa shape index (κ2) is 10.3. The first kappa shape index (κ1) is 22.7. The first-order valence-electron chi connectivity index (χ1n) is 9.37. The SMILES string of the molecule is COC(=O)[C@H](Cc1ccc(O)cc1)NC(=O)C1(NC(=O)CSC(C)=O)CCCC1. The average Bonchev–Trinajstić information content (AvgIpc) is 3.16. The molecule has 1 fully saturated rings. The van der Waals surface area contributed by atoms with Crippen molar-refractivity contribution in [1.82, 2.24) is 10.6 Å². The number of rotatable bonds is 8. The van der Waals surface area contributed by atoms with Crippen LogP contribution in [0.2, 0.25) is 0 Å². The monoisotopic (exact) mass is 422 g/mol. The number of aromatic hydroxyl groups is 1. The molecule has 1 aromatic rings. The molecular weight excluding hydrogens is 396 g/mol. The summed E-state index contributed by atoms with van der Waals surface area (Å²) in [4.78, 5) is 48.6. The molecule has 0 unspecified atom stereocenters. The Bertz CT molecular complexity index is 759. The minimum Gasteiger partial charge on any atom is -0.508 e. The van der Waals surface area contributed by atoms with Gasteiger partial charge in [-0.05, 0) is 30.5 Å². The first-order chi connectivity index (χ1) is 13.8. The first-order valence-corrected chi connectivity index (χ1v) is 10.4. The zero-order valence-electron chi connectivity index (χ0n) is 16.5. The maximum atomic E-state index is 13.1. The summed E-state index contributed by atoms with van der Waals surface area (Å²) in [6.45, 7) is 1.38. The average molecular weight is 423 g/mol. The second-order valence-corrected chi connectivity index (χ2v) is 8.19. The molecule has 29 heavy (non-hydrogen) atoms. The van der Waals surface area contributed by atoms with Gasteiger partial charge in [0.05, 0.1) is 12.9 Å². The Morgan fingerprint density at radius 1 is 1.17 bits per heavy atom. The van der Waals surface area contributed by atoms with E-state index in [1.54, 1.807) is 12.1 Å². The molecule has 3 N–H and O–H groups in total. The van der Waals surface area contributed by atoms with Gasteiger partial charge in [-0.25, -0.2) is 4.79 Å². The number of hydrogen-bond donors (Lipinski definition) is 3. The Labute approximate surface area is 173 Å². The van der Waals surface area contributed by atoms with Crippen LogP contribution in [0.3, 0.4) is 0 Å². The summed E-state index contributed by atoms with van der Waals surface area (Å²) >= 11 is 0.881. The number of carbonyl (C=O) groups is 4. The predicted octanol–water partition coefficient (Wildman–Crippen LogP) is 1.30. The number of ether oxygens (including phenoxy) is 1. The number of carbonyl (C=O) groups excluding carboxylic acids is 4. The zero-order chi connectivity index (χ0) is 21.4. The summed E-state index contributed by atoms with van der Waals surface area (Å²) in [5.41, 5.74) is -0.365. The third-order valence-electron chi connectivity index (χ3n) is 4.84. The summed E-state index contributed by atoms with van der Waals surface area (Å²) in [7, 11) is 1.24. The number of amides is 2. The van der Waals surface area contributed by atoms with Gasteiger partial charge in [0.15, 0.2) is 5.12 Å². The Morgan fingerprint density at radius 3 is 2.34 bits per heavy atom. The minimum absolute atomic E-state index is 0.0572. The molecule has 1 saturated carbocycles. The van der Waals surface area contributed by atoms with Crippen molar-refractivity contribution in [3.05, 3.63) is 29.8 Å². The van der Waals surface area contributed by atoms with E-state index in [1.165, 1.54) is 26.2 Å². The van der Waals surface area contributed by atoms with Crippen LogP contribution in [0.15, 0.2) is 24.3 Å². The molecule has 0 radical (unpaired) electrons. The third kappa shape index (κ3) is 6.49. The molecule has 0 spiro atoms. The highest BCUT2D eigenvalue weighted by Gasteiger charge is 2.43. The van der Waals surface area contributed by atoms with E-state index in [2.05, 4.69) is 10.6 Å². The highest BCUT2D eigenvalue weighted by atomic mass is 32.2. The lowest BCUT2D eigenvalue weighted by Crippen LogP contribution is -2.60. The van der Waals surface area contributed by atoms with Gasteiger partial charge in [-0.3, -0.25) is 14.4 Å². The van der Waals surface area contributed by atoms with Crippen LogP contribution in [0, 0.1) is 0 Å². The summed E-state index contributed by atoms with van der Waals surface area (Å²) in [5.74, 6) is -1.39. The van der Waals surface area contributed by atoms with Gasteiger partial charge in [-0.2, -0.15) is 0 Å². The molecule has 1 aromatic carbocycles. The fourth-order valence-electron chi connectivity index (χ4n) is 3.36. The Kier molecular flexibility index (Phi) is 8.07. The van der Waals surface area contributed by atoms with Crippen molar-refractivity contribution in [2.45, 2.75) is 50.6 Å². The van der Waals surface area contributed by atoms with Crippen LogP contribution in [0.5, 0.6) is 5.75 Å². The third-order valence-corrected chi connectivity index (χ3v) is 5.66. The van der Waals surface area contributed by atoms with E-state index in [0.717, 1.165) is 30.2 Å². The van der Waals surface area contributed by atoms with Gasteiger partial charge in [0.25, 0.3) is 0 Å². The highest BCUT2D eigenvalue weighted by Crippen LogP contribution is 2.30. The number of methoxy groups -OCH3 is 1. The lowest BCUT2D eigenvalue weighted by molar-refractivity contribution is -0.146. The van der Waals surface area contributed by atoms with E-state index in [0.29, 0.717) is 12.8 Å². The lowest BCUT2D eigenvalue weighted by Gasteiger charge is -2.30. The summed E-state index contributed by atoms with van der Waals surface area (Å²) in [6, 6.07) is 5.37. The van der Waals surface area contributed by atoms with E-state index in [9.17, 15) is 24.3 Å². The van der Waals surface area contributed by atoms with Crippen molar-refractivity contribution in [2.24, 2.45) is 0 Å². The number of phenolic OH excluding ortho intramolecular Hbond substituents is 1. The number of esters is 1. The van der Waals surface area contributed by atoms with Crippen molar-refractivity contribution in [3.8, 4) is 5.75 Å². The normalized spacial score (nSPS) is 15.9. The zero-order valence-corrected chi connectivity index (χ0v) is 17.3. The molecule has 8 nitrogen and oxygen atoms in total. The second-order valence-electron chi connectivity index (χ2n) is 7.04. The van der Waals surface area contributed by atoms with Gasteiger partial charge in [-0.15, -0.1) is 0 Å². The van der Waals surface area contributed by atoms with Gasteiger partial charge < -0.3 is 20.5 Å². The molecule has 9 heteroatoms. The Balaban J connectivity index is 2.11. The molecule has 2 rings (SSSR count). The molecule has 1 atom stereocenters. The molecule has 1 aliphatic rings. The molecular formula is C20H26N2O6S. The van der Waals surface area contributed by atoms with Crippen molar-refractivity contribution >= 4 is 34.7 Å². The van der Waals surface area contributed by atoms with Gasteiger partial charge >= 0.3 is 5.97 Å². The number of nitrogens with one attached hydrogen (secondary N) is 2. The predicted molar refractivity (Wildman–Crippen MR) is 108 cm³/mol. The van der Waals surface area contributed by atoms with Crippen LogP contribution in [0.4, 0.5) is 0 Å². The lowest BCUT2D eigenvalue weighted by atomic mass is 9.95. The number of hydrogen-bond acceptors (Lipinski definition) is 7. The summed E-state index contributed by atoms with van der Waals surface area (Å²) < 4.78 is 4.82. The fourth-order valence-corrected chi connectivity index (χ4v) is 3.76. The smallest absolute Gasteiger partial charge is 0.328 e. The number of thioether (sulfide) groups is 1. The number of benzene rings is 1. The van der Waals surface area contributed by atoms with Gasteiger partial charge in [-0.1, -0.05) is 36.7 Å². The molecule has 2 amide bonds. The quantitative estimate of drug-likeness (QED) is 0.540. The van der Waals surface area contributed by atoms with E-state index >= 15 is 0 Å². The van der Waals surface area contributed by atoms with Crippen LogP contribution in [0.1, 0.15) is 38.2 Å². The molecule has 158 valence electrons. The van der Waals surface area contributed by atoms with Crippen LogP contribution in [-0.2, 0) is 30.3 Å². The van der Waals surface area contributed by atoms with Crippen LogP contribution < -0.4 is 10.6 Å². The standard InChI is InChI=1S/C20H26N2O6S/c1-13(23)29-12-17(25)22-20(9-3-4-10-20)19(27)21-16(18(26)28-2)11-14-5-7-15(24)8-6-14/h5-8,16,24H,3-4,9-12H2,1-2H3,(H,21,27)(H,22,25)/t16-/m0/s1. The summed E-state index contributed by atoms with van der Waals surface area (Å²) in [6.07, 6.45) is 2.65. The minimum atomic E-state index is -1.10. The number of phenols is 1. The largest absolute Gasteiger partial charge is 0.508 e. The highest BCUT2D eigenvalue weighted by molar-refractivity contribution is 8.14. The fraction of sp³-hybridized carbons (Fsp3) is 0.500. The van der Waals surface area contributed by atoms with Crippen molar-refractivity contribution in [3.63, 3.8) is 0 Å². The Hall–Kier alpha value is -2.55. The molecule has 1 aliphatic carbocycles. The van der Waals surface area contributed by atoms with E-state index in [-0.39, 0.29) is 23.0 Å². The molecule has 0 saturated heterocycles. The topological polar surface area (TPSA) is 122 Å². The van der Waals surface area contributed by atoms with Gasteiger partial charge in [0, 0.05) is 13.3 Å². The Morgan fingerprint density at radius 2 is 1.79 bits per heavy atom. The summed E-state index contributed by atoms with van der Waals surface area (Å²) in [5, 5.41) is 14.7. The maximum absolute atomic E-state index is 13.1. The van der Waals surface area contributed by atoms with Crippen LogP contribution in [0.25, 0.3) is 0 Å². The molecule has 0 bridgehead atoms. The van der Waals surface area contributed by atoms with Gasteiger partial charge in [0.2, 0.25) is 11.8 Å². The molecule has 0 aromatic heterocycles. The molecule has 0 aliphatic heterocycles. The van der Waals surface area contributed by atoms with Crippen LogP contribution in [-0.4, -0.2) is 52.4 Å².